The molecule has 24 heavy (non-hydrogen) atoms. The van der Waals surface area contributed by atoms with Crippen LogP contribution >= 0.6 is 0 Å². The van der Waals surface area contributed by atoms with Gasteiger partial charge < -0.3 is 10.1 Å². The standard InChI is InChI=1S/C17H20N2O4S/c1-13-7-9-14(10-8-13)24(21,22)19-16-6-4-3-5-15(16)17(20)18-11-12-23-2/h3-10,19H,11-12H2,1-2H3,(H,18,20). The molecular formula is C17H20N2O4S. The molecule has 2 aromatic rings. The Hall–Kier alpha value is -2.38. The van der Waals surface area contributed by atoms with Gasteiger partial charge in [-0.05, 0) is 31.2 Å². The summed E-state index contributed by atoms with van der Waals surface area (Å²) in [5.74, 6) is -0.366. The van der Waals surface area contributed by atoms with E-state index in [4.69, 9.17) is 4.74 Å². The smallest absolute Gasteiger partial charge is 0.261 e. The molecule has 0 saturated carbocycles. The van der Waals surface area contributed by atoms with Gasteiger partial charge in [0.15, 0.2) is 0 Å². The van der Waals surface area contributed by atoms with E-state index in [-0.39, 0.29) is 22.1 Å². The summed E-state index contributed by atoms with van der Waals surface area (Å²) in [4.78, 5) is 12.3. The van der Waals surface area contributed by atoms with Crippen LogP contribution in [-0.4, -0.2) is 34.6 Å². The molecule has 0 radical (unpaired) electrons. The van der Waals surface area contributed by atoms with Crippen molar-refractivity contribution in [1.29, 1.82) is 0 Å². The third kappa shape index (κ3) is 4.56. The molecule has 0 aliphatic heterocycles. The van der Waals surface area contributed by atoms with Gasteiger partial charge in [0, 0.05) is 13.7 Å². The number of aryl methyl sites for hydroxylation is 1. The SMILES string of the molecule is COCCNC(=O)c1ccccc1NS(=O)(=O)c1ccc(C)cc1. The van der Waals surface area contributed by atoms with E-state index < -0.39 is 10.0 Å². The van der Waals surface area contributed by atoms with Crippen LogP contribution in [0, 0.1) is 6.92 Å². The number of carbonyl (C=O) groups is 1. The second kappa shape index (κ2) is 7.94. The molecule has 0 saturated heterocycles. The van der Waals surface area contributed by atoms with E-state index in [1.165, 1.54) is 19.2 Å². The summed E-state index contributed by atoms with van der Waals surface area (Å²) in [7, 11) is -2.23. The Morgan fingerprint density at radius 3 is 2.42 bits per heavy atom. The zero-order valence-corrected chi connectivity index (χ0v) is 14.4. The van der Waals surface area contributed by atoms with E-state index in [0.717, 1.165) is 5.56 Å². The molecule has 0 heterocycles. The third-order valence-electron chi connectivity index (χ3n) is 3.34. The molecule has 0 unspecified atom stereocenters. The first-order valence-corrected chi connectivity index (χ1v) is 8.88. The molecule has 1 amide bonds. The quantitative estimate of drug-likeness (QED) is 0.751. The Balaban J connectivity index is 2.23. The number of para-hydroxylation sites is 1. The molecule has 0 fully saturated rings. The first-order valence-electron chi connectivity index (χ1n) is 7.39. The minimum atomic E-state index is -3.77. The Bertz CT molecular complexity index is 802. The molecule has 0 aromatic heterocycles. The zero-order valence-electron chi connectivity index (χ0n) is 13.6. The molecule has 7 heteroatoms. The van der Waals surface area contributed by atoms with Crippen LogP contribution in [0.3, 0.4) is 0 Å². The van der Waals surface area contributed by atoms with Crippen molar-refractivity contribution in [3.05, 3.63) is 59.7 Å². The highest BCUT2D eigenvalue weighted by atomic mass is 32.2. The Kier molecular flexibility index (Phi) is 5.94. The van der Waals surface area contributed by atoms with Crippen LogP contribution in [0.2, 0.25) is 0 Å². The highest BCUT2D eigenvalue weighted by molar-refractivity contribution is 7.92. The van der Waals surface area contributed by atoms with Crippen molar-refractivity contribution in [2.45, 2.75) is 11.8 Å². The van der Waals surface area contributed by atoms with E-state index in [1.807, 2.05) is 6.92 Å². The van der Waals surface area contributed by atoms with Gasteiger partial charge in [0.25, 0.3) is 15.9 Å². The fourth-order valence-corrected chi connectivity index (χ4v) is 3.13. The molecule has 0 bridgehead atoms. The maximum atomic E-state index is 12.5. The lowest BCUT2D eigenvalue weighted by Gasteiger charge is -2.13. The number of rotatable bonds is 7. The number of benzene rings is 2. The summed E-state index contributed by atoms with van der Waals surface area (Å²) < 4.78 is 32.3. The number of hydrogen-bond donors (Lipinski definition) is 2. The summed E-state index contributed by atoms with van der Waals surface area (Å²) in [5.41, 5.74) is 1.45. The third-order valence-corrected chi connectivity index (χ3v) is 4.72. The van der Waals surface area contributed by atoms with Crippen LogP contribution in [-0.2, 0) is 14.8 Å². The van der Waals surface area contributed by atoms with E-state index in [1.54, 1.807) is 36.4 Å². The van der Waals surface area contributed by atoms with Gasteiger partial charge in [0.1, 0.15) is 0 Å². The van der Waals surface area contributed by atoms with Gasteiger partial charge in [-0.15, -0.1) is 0 Å². The van der Waals surface area contributed by atoms with Crippen molar-refractivity contribution >= 4 is 21.6 Å². The van der Waals surface area contributed by atoms with Gasteiger partial charge in [-0.2, -0.15) is 0 Å². The van der Waals surface area contributed by atoms with Crippen LogP contribution in [0.25, 0.3) is 0 Å². The molecule has 2 aromatic carbocycles. The van der Waals surface area contributed by atoms with E-state index in [2.05, 4.69) is 10.0 Å². The molecular weight excluding hydrogens is 328 g/mol. The average Bonchev–Trinajstić information content (AvgIpc) is 2.55. The van der Waals surface area contributed by atoms with Crippen LogP contribution in [0.1, 0.15) is 15.9 Å². The number of sulfonamides is 1. The second-order valence-electron chi connectivity index (χ2n) is 5.21. The maximum absolute atomic E-state index is 12.5. The number of hydrogen-bond acceptors (Lipinski definition) is 4. The topological polar surface area (TPSA) is 84.5 Å². The molecule has 128 valence electrons. The average molecular weight is 348 g/mol. The Labute approximate surface area is 141 Å². The van der Waals surface area contributed by atoms with Crippen LogP contribution < -0.4 is 10.0 Å². The maximum Gasteiger partial charge on any atom is 0.261 e. The summed E-state index contributed by atoms with van der Waals surface area (Å²) in [6.07, 6.45) is 0. The van der Waals surface area contributed by atoms with Gasteiger partial charge in [-0.3, -0.25) is 9.52 Å². The summed E-state index contributed by atoms with van der Waals surface area (Å²) >= 11 is 0. The van der Waals surface area contributed by atoms with Gasteiger partial charge in [0.05, 0.1) is 22.8 Å². The predicted molar refractivity (Wildman–Crippen MR) is 92.6 cm³/mol. The van der Waals surface area contributed by atoms with Gasteiger partial charge in [-0.25, -0.2) is 8.42 Å². The minimum absolute atomic E-state index is 0.141. The van der Waals surface area contributed by atoms with Crippen molar-refractivity contribution < 1.29 is 17.9 Å². The zero-order chi connectivity index (χ0) is 17.6. The molecule has 2 N–H and O–H groups in total. The van der Waals surface area contributed by atoms with Crippen molar-refractivity contribution in [3.8, 4) is 0 Å². The van der Waals surface area contributed by atoms with Crippen molar-refractivity contribution in [3.63, 3.8) is 0 Å². The summed E-state index contributed by atoms with van der Waals surface area (Å²) in [6, 6.07) is 13.0. The van der Waals surface area contributed by atoms with Crippen LogP contribution in [0.4, 0.5) is 5.69 Å². The fourth-order valence-electron chi connectivity index (χ4n) is 2.05. The van der Waals surface area contributed by atoms with Crippen molar-refractivity contribution in [1.82, 2.24) is 5.32 Å². The molecule has 6 nitrogen and oxygen atoms in total. The normalized spacial score (nSPS) is 11.1. The van der Waals surface area contributed by atoms with E-state index >= 15 is 0 Å². The van der Waals surface area contributed by atoms with E-state index in [9.17, 15) is 13.2 Å². The lowest BCUT2D eigenvalue weighted by atomic mass is 10.2. The summed E-state index contributed by atoms with van der Waals surface area (Å²) in [5, 5.41) is 2.67. The van der Waals surface area contributed by atoms with E-state index in [0.29, 0.717) is 13.2 Å². The summed E-state index contributed by atoms with van der Waals surface area (Å²) in [6.45, 7) is 2.60. The van der Waals surface area contributed by atoms with Crippen molar-refractivity contribution in [2.75, 3.05) is 25.0 Å². The van der Waals surface area contributed by atoms with Crippen LogP contribution in [0.5, 0.6) is 0 Å². The molecule has 0 atom stereocenters. The fraction of sp³-hybridized carbons (Fsp3) is 0.235. The van der Waals surface area contributed by atoms with Gasteiger partial charge >= 0.3 is 0 Å². The molecule has 0 spiro atoms. The number of amides is 1. The lowest BCUT2D eigenvalue weighted by Crippen LogP contribution is -2.28. The number of nitrogens with one attached hydrogen (secondary N) is 2. The second-order valence-corrected chi connectivity index (χ2v) is 6.90. The predicted octanol–water partition coefficient (Wildman–Crippen LogP) is 2.17. The largest absolute Gasteiger partial charge is 0.383 e. The number of carbonyl (C=O) groups excluding carboxylic acids is 1. The monoisotopic (exact) mass is 348 g/mol. The number of anilines is 1. The Morgan fingerprint density at radius 1 is 1.08 bits per heavy atom. The highest BCUT2D eigenvalue weighted by Crippen LogP contribution is 2.20. The molecule has 0 aliphatic carbocycles. The minimum Gasteiger partial charge on any atom is -0.383 e. The first kappa shape index (κ1) is 18.0. The lowest BCUT2D eigenvalue weighted by molar-refractivity contribution is 0.0938. The Morgan fingerprint density at radius 2 is 1.75 bits per heavy atom. The van der Waals surface area contributed by atoms with Gasteiger partial charge in [-0.1, -0.05) is 29.8 Å². The van der Waals surface area contributed by atoms with Crippen LogP contribution in [0.15, 0.2) is 53.4 Å². The first-order chi connectivity index (χ1) is 11.4. The molecule has 0 aliphatic rings. The van der Waals surface area contributed by atoms with Gasteiger partial charge in [0.2, 0.25) is 0 Å². The van der Waals surface area contributed by atoms with Crippen molar-refractivity contribution in [2.24, 2.45) is 0 Å². The highest BCUT2D eigenvalue weighted by Gasteiger charge is 2.18. The number of methoxy groups -OCH3 is 1. The number of ether oxygens (including phenoxy) is 1. The molecule has 2 rings (SSSR count).